The topological polar surface area (TPSA) is 55.8 Å². The van der Waals surface area contributed by atoms with Crippen molar-refractivity contribution in [1.29, 1.82) is 0 Å². The number of aliphatic hydroxyl groups excluding tert-OH is 1. The number of hydrogen-bond donors (Lipinski definition) is 1. The first kappa shape index (κ1) is 28.5. The van der Waals surface area contributed by atoms with Crippen molar-refractivity contribution in [3.8, 4) is 11.5 Å². The van der Waals surface area contributed by atoms with Gasteiger partial charge in [-0.1, -0.05) is 18.2 Å². The lowest BCUT2D eigenvalue weighted by Gasteiger charge is -2.30. The molecule has 1 aliphatic rings. The van der Waals surface area contributed by atoms with Crippen LogP contribution in [0, 0.1) is 34.9 Å². The molecule has 10 heteroatoms. The van der Waals surface area contributed by atoms with Crippen LogP contribution in [0.1, 0.15) is 84.5 Å². The molecule has 1 N–H and O–H groups in total. The predicted octanol–water partition coefficient (Wildman–Crippen LogP) is 7.63. The van der Waals surface area contributed by atoms with Crippen molar-refractivity contribution in [2.24, 2.45) is 0 Å². The van der Waals surface area contributed by atoms with Gasteiger partial charge in [0.2, 0.25) is 11.6 Å². The second kappa shape index (κ2) is 11.7. The molecule has 0 aliphatic heterocycles. The van der Waals surface area contributed by atoms with Crippen LogP contribution in [0.5, 0.6) is 11.5 Å². The largest absolute Gasteiger partial charge is 0.491 e. The molecule has 3 aromatic carbocycles. The minimum Gasteiger partial charge on any atom is -0.491 e. The summed E-state index contributed by atoms with van der Waals surface area (Å²) in [6, 6.07) is 7.00. The standard InChI is InChI=1S/C29H26F6O4/c1-3-38-21-12-11-20(26(33)27(21)34)29(37)39-22-13-10-19(25(32)28(22)35)16-6-4-15(5-7-16)18-9-8-17(14(2)36)23(30)24(18)31/h8-16,36H,3-7H2,1-2H3. The predicted molar refractivity (Wildman–Crippen MR) is 130 cm³/mol. The first-order valence-electron chi connectivity index (χ1n) is 12.5. The Morgan fingerprint density at radius 3 is 1.85 bits per heavy atom. The molecule has 0 spiro atoms. The molecule has 0 radical (unpaired) electrons. The van der Waals surface area contributed by atoms with E-state index in [1.165, 1.54) is 25.1 Å². The van der Waals surface area contributed by atoms with Gasteiger partial charge in [-0.25, -0.2) is 22.4 Å². The van der Waals surface area contributed by atoms with E-state index in [0.717, 1.165) is 18.2 Å². The van der Waals surface area contributed by atoms with Gasteiger partial charge in [-0.15, -0.1) is 0 Å². The lowest BCUT2D eigenvalue weighted by atomic mass is 9.75. The number of aliphatic hydroxyl groups is 1. The van der Waals surface area contributed by atoms with E-state index in [1.807, 2.05) is 0 Å². The average Bonchev–Trinajstić information content (AvgIpc) is 2.91. The van der Waals surface area contributed by atoms with Crippen molar-refractivity contribution < 1.29 is 45.7 Å². The van der Waals surface area contributed by atoms with E-state index in [-0.39, 0.29) is 29.2 Å². The Labute approximate surface area is 221 Å². The highest BCUT2D eigenvalue weighted by molar-refractivity contribution is 5.91. The number of ether oxygens (including phenoxy) is 2. The molecule has 0 saturated heterocycles. The summed E-state index contributed by atoms with van der Waals surface area (Å²) >= 11 is 0. The van der Waals surface area contributed by atoms with Crippen LogP contribution < -0.4 is 9.47 Å². The van der Waals surface area contributed by atoms with E-state index in [4.69, 9.17) is 9.47 Å². The van der Waals surface area contributed by atoms with Crippen LogP contribution >= 0.6 is 0 Å². The molecule has 4 rings (SSSR count). The van der Waals surface area contributed by atoms with Crippen LogP contribution in [0.25, 0.3) is 0 Å². The molecule has 0 heterocycles. The van der Waals surface area contributed by atoms with Crippen molar-refractivity contribution in [2.45, 2.75) is 57.5 Å². The molecule has 1 unspecified atom stereocenters. The molecule has 208 valence electrons. The zero-order valence-electron chi connectivity index (χ0n) is 21.2. The van der Waals surface area contributed by atoms with E-state index < -0.39 is 70.0 Å². The second-order valence-electron chi connectivity index (χ2n) is 9.44. The molecule has 4 nitrogen and oxygen atoms in total. The van der Waals surface area contributed by atoms with Crippen LogP contribution in [-0.4, -0.2) is 17.7 Å². The maximum atomic E-state index is 15.0. The van der Waals surface area contributed by atoms with Crippen LogP contribution in [0.15, 0.2) is 36.4 Å². The molecule has 1 fully saturated rings. The van der Waals surface area contributed by atoms with Gasteiger partial charge >= 0.3 is 5.97 Å². The van der Waals surface area contributed by atoms with E-state index in [2.05, 4.69) is 0 Å². The Morgan fingerprint density at radius 1 is 0.769 bits per heavy atom. The number of esters is 1. The van der Waals surface area contributed by atoms with Gasteiger partial charge in [-0.05, 0) is 80.7 Å². The minimum absolute atomic E-state index is 0.0279. The van der Waals surface area contributed by atoms with Gasteiger partial charge in [-0.3, -0.25) is 0 Å². The van der Waals surface area contributed by atoms with Gasteiger partial charge in [0, 0.05) is 5.56 Å². The van der Waals surface area contributed by atoms with Crippen LogP contribution in [-0.2, 0) is 0 Å². The molecule has 0 amide bonds. The number of carbonyl (C=O) groups excluding carboxylic acids is 1. The number of carbonyl (C=O) groups is 1. The Kier molecular flexibility index (Phi) is 8.54. The average molecular weight is 553 g/mol. The number of hydrogen-bond acceptors (Lipinski definition) is 4. The van der Waals surface area contributed by atoms with E-state index in [9.17, 15) is 36.2 Å². The summed E-state index contributed by atoms with van der Waals surface area (Å²) in [5, 5.41) is 9.58. The highest BCUT2D eigenvalue weighted by Gasteiger charge is 2.31. The number of halogens is 6. The van der Waals surface area contributed by atoms with Crippen molar-refractivity contribution >= 4 is 5.97 Å². The molecule has 1 saturated carbocycles. The normalized spacial score (nSPS) is 18.1. The zero-order chi connectivity index (χ0) is 28.4. The molecule has 0 aromatic heterocycles. The lowest BCUT2D eigenvalue weighted by Crippen LogP contribution is -2.17. The Morgan fingerprint density at radius 2 is 1.28 bits per heavy atom. The first-order valence-corrected chi connectivity index (χ1v) is 12.5. The molecule has 0 bridgehead atoms. The third kappa shape index (κ3) is 5.61. The monoisotopic (exact) mass is 552 g/mol. The van der Waals surface area contributed by atoms with E-state index >= 15 is 0 Å². The first-order chi connectivity index (χ1) is 18.5. The summed E-state index contributed by atoms with van der Waals surface area (Å²) in [5.41, 5.74) is -0.760. The second-order valence-corrected chi connectivity index (χ2v) is 9.44. The van der Waals surface area contributed by atoms with Gasteiger partial charge in [0.25, 0.3) is 0 Å². The van der Waals surface area contributed by atoms with Gasteiger partial charge in [-0.2, -0.15) is 8.78 Å². The summed E-state index contributed by atoms with van der Waals surface area (Å²) in [6.45, 7) is 2.96. The molecular weight excluding hydrogens is 526 g/mol. The van der Waals surface area contributed by atoms with Gasteiger partial charge < -0.3 is 14.6 Å². The van der Waals surface area contributed by atoms with E-state index in [1.54, 1.807) is 6.92 Å². The van der Waals surface area contributed by atoms with Crippen molar-refractivity contribution in [3.63, 3.8) is 0 Å². The summed E-state index contributed by atoms with van der Waals surface area (Å²) in [7, 11) is 0. The van der Waals surface area contributed by atoms with Gasteiger partial charge in [0.05, 0.1) is 18.3 Å². The molecule has 39 heavy (non-hydrogen) atoms. The fourth-order valence-electron chi connectivity index (χ4n) is 4.98. The molecular formula is C29H26F6O4. The Hall–Kier alpha value is -3.53. The Bertz CT molecular complexity index is 1380. The third-order valence-electron chi connectivity index (χ3n) is 7.05. The summed E-state index contributed by atoms with van der Waals surface area (Å²) < 4.78 is 96.9. The van der Waals surface area contributed by atoms with E-state index in [0.29, 0.717) is 25.7 Å². The molecule has 1 atom stereocenters. The quantitative estimate of drug-likeness (QED) is 0.186. The van der Waals surface area contributed by atoms with Crippen LogP contribution in [0.2, 0.25) is 0 Å². The minimum atomic E-state index is -1.54. The Balaban J connectivity index is 1.47. The van der Waals surface area contributed by atoms with Gasteiger partial charge in [0.1, 0.15) is 0 Å². The molecule has 1 aliphatic carbocycles. The fourth-order valence-corrected chi connectivity index (χ4v) is 4.98. The van der Waals surface area contributed by atoms with Crippen molar-refractivity contribution in [1.82, 2.24) is 0 Å². The SMILES string of the molecule is CCOc1ccc(C(=O)Oc2ccc(C3CCC(c4ccc(C(C)O)c(F)c4F)CC3)c(F)c2F)c(F)c1F. The summed E-state index contributed by atoms with van der Waals surface area (Å²) in [5.74, 6) is -11.2. The maximum Gasteiger partial charge on any atom is 0.346 e. The number of benzene rings is 3. The highest BCUT2D eigenvalue weighted by atomic mass is 19.2. The van der Waals surface area contributed by atoms with Gasteiger partial charge in [0.15, 0.2) is 34.8 Å². The van der Waals surface area contributed by atoms with Crippen molar-refractivity contribution in [3.05, 3.63) is 93.6 Å². The maximum absolute atomic E-state index is 15.0. The molecule has 3 aromatic rings. The fraction of sp³-hybridized carbons (Fsp3) is 0.345. The number of rotatable bonds is 7. The van der Waals surface area contributed by atoms with Crippen LogP contribution in [0.3, 0.4) is 0 Å². The smallest absolute Gasteiger partial charge is 0.346 e. The lowest BCUT2D eigenvalue weighted by molar-refractivity contribution is 0.0720. The summed E-state index contributed by atoms with van der Waals surface area (Å²) in [4.78, 5) is 12.4. The highest BCUT2D eigenvalue weighted by Crippen LogP contribution is 2.43. The van der Waals surface area contributed by atoms with Crippen LogP contribution in [0.4, 0.5) is 26.3 Å². The zero-order valence-corrected chi connectivity index (χ0v) is 21.2. The third-order valence-corrected chi connectivity index (χ3v) is 7.05. The van der Waals surface area contributed by atoms with Crippen molar-refractivity contribution in [2.75, 3.05) is 6.61 Å². The summed E-state index contributed by atoms with van der Waals surface area (Å²) in [6.07, 6.45) is 0.322.